The fourth-order valence-corrected chi connectivity index (χ4v) is 4.87. The van der Waals surface area contributed by atoms with Gasteiger partial charge in [0.1, 0.15) is 18.1 Å². The minimum atomic E-state index is -0.912. The van der Waals surface area contributed by atoms with Crippen molar-refractivity contribution in [2.24, 2.45) is 0 Å². The maximum atomic E-state index is 10.4. The molecule has 2 aromatic rings. The normalized spacial score (nSPS) is 27.7. The summed E-state index contributed by atoms with van der Waals surface area (Å²) < 4.78 is 12.1. The van der Waals surface area contributed by atoms with Gasteiger partial charge in [-0.1, -0.05) is 31.2 Å². The first-order valence-electron chi connectivity index (χ1n) is 12.0. The highest BCUT2D eigenvalue weighted by Gasteiger charge is 2.37. The van der Waals surface area contributed by atoms with Crippen molar-refractivity contribution in [1.82, 2.24) is 5.32 Å². The van der Waals surface area contributed by atoms with Crippen molar-refractivity contribution in [3.05, 3.63) is 58.7 Å². The topological polar surface area (TPSA) is 83.0 Å². The first-order valence-corrected chi connectivity index (χ1v) is 12.0. The van der Waals surface area contributed by atoms with Crippen molar-refractivity contribution < 1.29 is 19.7 Å². The second-order valence-electron chi connectivity index (χ2n) is 9.27. The summed E-state index contributed by atoms with van der Waals surface area (Å²) in [4.78, 5) is 0. The summed E-state index contributed by atoms with van der Waals surface area (Å²) in [5.74, 6) is 1.58. The predicted octanol–water partition coefficient (Wildman–Crippen LogP) is 3.47. The third-order valence-corrected chi connectivity index (χ3v) is 6.77. The molecular weight excluding hydrogens is 404 g/mol. The molecule has 0 spiro atoms. The summed E-state index contributed by atoms with van der Waals surface area (Å²) in [6.45, 7) is 4.32. The van der Waals surface area contributed by atoms with E-state index < -0.39 is 18.4 Å². The number of nitrogens with one attached hydrogen (secondary N) is 2. The zero-order valence-electron chi connectivity index (χ0n) is 18.7. The Hall–Kier alpha value is -2.12. The Morgan fingerprint density at radius 3 is 2.81 bits per heavy atom. The Morgan fingerprint density at radius 1 is 1.12 bits per heavy atom. The molecule has 4 N–H and O–H groups in total. The highest BCUT2D eigenvalue weighted by molar-refractivity contribution is 5.59. The summed E-state index contributed by atoms with van der Waals surface area (Å²) in [5.41, 5.74) is 6.10. The van der Waals surface area contributed by atoms with Gasteiger partial charge in [0.2, 0.25) is 0 Å². The molecule has 0 radical (unpaired) electrons. The second-order valence-corrected chi connectivity index (χ2v) is 9.27. The molecule has 0 amide bonds. The van der Waals surface area contributed by atoms with E-state index in [0.29, 0.717) is 18.9 Å². The standard InChI is InChI=1S/C26H34N2O4/c1-2-27-26-25(30)22(29)15-23(32-26)18-7-8-20(17-5-6-17)19(14-18)12-16-4-9-21-24(13-16)31-11-3-10-28-21/h4,7-9,13-14,17,22-23,25-30H,2-3,5-6,10-12,15H2,1H3/t22-,23-,25+,26+/m1/s1. The Balaban J connectivity index is 1.41. The van der Waals surface area contributed by atoms with E-state index >= 15 is 0 Å². The van der Waals surface area contributed by atoms with E-state index in [0.717, 1.165) is 43.0 Å². The molecule has 0 bridgehead atoms. The number of anilines is 1. The molecule has 0 aromatic heterocycles. The summed E-state index contributed by atoms with van der Waals surface area (Å²) in [7, 11) is 0. The number of hydrogen-bond acceptors (Lipinski definition) is 6. The smallest absolute Gasteiger partial charge is 0.142 e. The summed E-state index contributed by atoms with van der Waals surface area (Å²) in [6.07, 6.45) is 2.21. The van der Waals surface area contributed by atoms with Crippen LogP contribution in [-0.4, -0.2) is 48.3 Å². The predicted molar refractivity (Wildman–Crippen MR) is 124 cm³/mol. The monoisotopic (exact) mass is 438 g/mol. The van der Waals surface area contributed by atoms with Gasteiger partial charge in [-0.05, 0) is 72.5 Å². The largest absolute Gasteiger partial charge is 0.491 e. The van der Waals surface area contributed by atoms with Gasteiger partial charge < -0.3 is 25.0 Å². The van der Waals surface area contributed by atoms with Crippen LogP contribution >= 0.6 is 0 Å². The number of ether oxygens (including phenoxy) is 2. The Labute approximate surface area is 189 Å². The van der Waals surface area contributed by atoms with Gasteiger partial charge in [-0.25, -0.2) is 0 Å². The van der Waals surface area contributed by atoms with Crippen molar-refractivity contribution in [3.8, 4) is 5.75 Å². The molecule has 172 valence electrons. The third kappa shape index (κ3) is 4.64. The molecule has 1 aliphatic carbocycles. The van der Waals surface area contributed by atoms with Gasteiger partial charge in [0, 0.05) is 13.0 Å². The van der Waals surface area contributed by atoms with Crippen molar-refractivity contribution in [2.75, 3.05) is 25.0 Å². The van der Waals surface area contributed by atoms with Gasteiger partial charge >= 0.3 is 0 Å². The van der Waals surface area contributed by atoms with Crippen LogP contribution in [0.5, 0.6) is 5.75 Å². The zero-order valence-corrected chi connectivity index (χ0v) is 18.7. The van der Waals surface area contributed by atoms with Crippen molar-refractivity contribution in [3.63, 3.8) is 0 Å². The molecule has 1 saturated carbocycles. The van der Waals surface area contributed by atoms with Crippen LogP contribution in [0.4, 0.5) is 5.69 Å². The van der Waals surface area contributed by atoms with Crippen LogP contribution in [0.2, 0.25) is 0 Å². The van der Waals surface area contributed by atoms with E-state index in [1.807, 2.05) is 6.92 Å². The third-order valence-electron chi connectivity index (χ3n) is 6.77. The van der Waals surface area contributed by atoms with E-state index in [4.69, 9.17) is 9.47 Å². The molecule has 2 fully saturated rings. The Kier molecular flexibility index (Phi) is 6.37. The van der Waals surface area contributed by atoms with E-state index in [1.165, 1.54) is 29.5 Å². The summed E-state index contributed by atoms with van der Waals surface area (Å²) in [6, 6.07) is 13.1. The lowest BCUT2D eigenvalue weighted by atomic mass is 9.90. The lowest BCUT2D eigenvalue weighted by Gasteiger charge is -2.38. The zero-order chi connectivity index (χ0) is 22.1. The van der Waals surface area contributed by atoms with Crippen LogP contribution < -0.4 is 15.4 Å². The van der Waals surface area contributed by atoms with Crippen LogP contribution in [0.15, 0.2) is 36.4 Å². The Morgan fingerprint density at radius 2 is 2.00 bits per heavy atom. The number of likely N-dealkylation sites (N-methyl/N-ethyl adjacent to an activating group) is 1. The SMILES string of the molecule is CCN[C@H]1O[C@@H](c2ccc(C3CC3)c(Cc3ccc4c(c3)OCCCN4)c2)C[C@@H](O)[C@@H]1O. The molecule has 2 aliphatic heterocycles. The van der Waals surface area contributed by atoms with Crippen LogP contribution in [-0.2, 0) is 11.2 Å². The van der Waals surface area contributed by atoms with Crippen LogP contribution in [0.3, 0.4) is 0 Å². The lowest BCUT2D eigenvalue weighted by molar-refractivity contribution is -0.180. The second kappa shape index (κ2) is 9.40. The molecule has 1 saturated heterocycles. The van der Waals surface area contributed by atoms with Gasteiger partial charge in [-0.3, -0.25) is 5.32 Å². The van der Waals surface area contributed by atoms with Crippen molar-refractivity contribution in [2.45, 2.75) is 69.5 Å². The van der Waals surface area contributed by atoms with Gasteiger partial charge in [0.15, 0.2) is 0 Å². The molecule has 4 atom stereocenters. The maximum absolute atomic E-state index is 10.4. The van der Waals surface area contributed by atoms with Crippen molar-refractivity contribution >= 4 is 5.69 Å². The van der Waals surface area contributed by atoms with Crippen LogP contribution in [0.25, 0.3) is 0 Å². The van der Waals surface area contributed by atoms with Gasteiger partial charge in [0.05, 0.1) is 24.5 Å². The number of hydrogen-bond donors (Lipinski definition) is 4. The fourth-order valence-electron chi connectivity index (χ4n) is 4.87. The van der Waals surface area contributed by atoms with Gasteiger partial charge in [0.25, 0.3) is 0 Å². The molecule has 5 rings (SSSR count). The average Bonchev–Trinajstić information content (AvgIpc) is 3.64. The molecular formula is C26H34N2O4. The molecule has 2 heterocycles. The van der Waals surface area contributed by atoms with Crippen molar-refractivity contribution in [1.29, 1.82) is 0 Å². The molecule has 6 heteroatoms. The summed E-state index contributed by atoms with van der Waals surface area (Å²) in [5, 5.41) is 27.3. The molecule has 32 heavy (non-hydrogen) atoms. The summed E-state index contributed by atoms with van der Waals surface area (Å²) >= 11 is 0. The molecule has 2 aromatic carbocycles. The highest BCUT2D eigenvalue weighted by atomic mass is 16.5. The number of fused-ring (bicyclic) bond motifs is 1. The van der Waals surface area contributed by atoms with Gasteiger partial charge in [-0.15, -0.1) is 0 Å². The molecule has 0 unspecified atom stereocenters. The lowest BCUT2D eigenvalue weighted by Crippen LogP contribution is -2.52. The van der Waals surface area contributed by atoms with Crippen LogP contribution in [0, 0.1) is 0 Å². The average molecular weight is 439 g/mol. The number of benzene rings is 2. The van der Waals surface area contributed by atoms with Crippen LogP contribution in [0.1, 0.15) is 66.9 Å². The molecule has 3 aliphatic rings. The van der Waals surface area contributed by atoms with E-state index in [9.17, 15) is 10.2 Å². The van der Waals surface area contributed by atoms with E-state index in [1.54, 1.807) is 0 Å². The van der Waals surface area contributed by atoms with E-state index in [-0.39, 0.29) is 6.10 Å². The molecule has 6 nitrogen and oxygen atoms in total. The number of aliphatic hydroxyl groups is 2. The number of aliphatic hydroxyl groups excluding tert-OH is 2. The minimum Gasteiger partial charge on any atom is -0.491 e. The maximum Gasteiger partial charge on any atom is 0.142 e. The first-order chi connectivity index (χ1) is 15.6. The number of rotatable bonds is 6. The Bertz CT molecular complexity index is 945. The fraction of sp³-hybridized carbons (Fsp3) is 0.538. The van der Waals surface area contributed by atoms with Gasteiger partial charge in [-0.2, -0.15) is 0 Å². The minimum absolute atomic E-state index is 0.246. The highest BCUT2D eigenvalue weighted by Crippen LogP contribution is 2.43. The quantitative estimate of drug-likeness (QED) is 0.553. The van der Waals surface area contributed by atoms with E-state index in [2.05, 4.69) is 47.0 Å². The first kappa shape index (κ1) is 21.7.